The molecule has 0 bridgehead atoms. The molecule has 0 spiro atoms. The molecule has 0 aliphatic carbocycles. The van der Waals surface area contributed by atoms with E-state index in [4.69, 9.17) is 4.74 Å². The third kappa shape index (κ3) is 4.23. The average molecular weight is 435 g/mol. The van der Waals surface area contributed by atoms with E-state index < -0.39 is 15.0 Å². The third-order valence-corrected chi connectivity index (χ3v) is 5.38. The number of hydrogen-bond donors (Lipinski definition) is 2. The molecule has 31 heavy (non-hydrogen) atoms. The Bertz CT molecular complexity index is 1290. The van der Waals surface area contributed by atoms with Gasteiger partial charge in [-0.2, -0.15) is 8.42 Å². The Morgan fingerprint density at radius 1 is 0.774 bits per heavy atom. The van der Waals surface area contributed by atoms with E-state index in [1.807, 2.05) is 60.7 Å². The molecule has 3 aromatic carbocycles. The fraction of sp³-hybridized carbons (Fsp3) is 0.0455. The molecule has 2 N–H and O–H groups in total. The minimum Gasteiger partial charge on any atom is -0.507 e. The fourth-order valence-electron chi connectivity index (χ4n) is 3.02. The first-order chi connectivity index (χ1) is 14.9. The largest absolute Gasteiger partial charge is 0.507 e. The molecule has 0 unspecified atom stereocenters. The monoisotopic (exact) mass is 435 g/mol. The molecule has 9 heteroatoms. The molecule has 4 aromatic rings. The van der Waals surface area contributed by atoms with Gasteiger partial charge in [-0.3, -0.25) is 4.55 Å². The fourth-order valence-corrected chi connectivity index (χ4v) is 3.68. The number of ether oxygens (including phenoxy) is 1. The summed E-state index contributed by atoms with van der Waals surface area (Å²) in [6.45, 7) is 0. The molecule has 0 radical (unpaired) electrons. The van der Waals surface area contributed by atoms with Crippen LogP contribution in [0.4, 0.5) is 0 Å². The van der Waals surface area contributed by atoms with E-state index in [9.17, 15) is 18.1 Å². The van der Waals surface area contributed by atoms with Gasteiger partial charge in [0, 0.05) is 17.2 Å². The van der Waals surface area contributed by atoms with Crippen molar-refractivity contribution < 1.29 is 22.8 Å². The van der Waals surface area contributed by atoms with Crippen molar-refractivity contribution in [2.75, 3.05) is 7.11 Å². The number of phenols is 1. The van der Waals surface area contributed by atoms with Gasteiger partial charge in [-0.15, -0.1) is 0 Å². The van der Waals surface area contributed by atoms with E-state index in [2.05, 4.69) is 15.0 Å². The Morgan fingerprint density at radius 2 is 1.26 bits per heavy atom. The van der Waals surface area contributed by atoms with Crippen molar-refractivity contribution in [1.29, 1.82) is 0 Å². The summed E-state index contributed by atoms with van der Waals surface area (Å²) in [4.78, 5) is 12.9. The predicted octanol–water partition coefficient (Wildman–Crippen LogP) is 3.83. The summed E-state index contributed by atoms with van der Waals surface area (Å²) in [6.07, 6.45) is 0. The quantitative estimate of drug-likeness (QED) is 0.454. The Morgan fingerprint density at radius 3 is 1.71 bits per heavy atom. The molecule has 156 valence electrons. The van der Waals surface area contributed by atoms with Crippen LogP contribution >= 0.6 is 0 Å². The number of aromatic nitrogens is 3. The lowest BCUT2D eigenvalue weighted by molar-refractivity contribution is 0.392. The maximum Gasteiger partial charge on any atom is 0.298 e. The molecule has 0 saturated carbocycles. The maximum absolute atomic E-state index is 11.8. The van der Waals surface area contributed by atoms with Gasteiger partial charge in [0.2, 0.25) is 0 Å². The minimum absolute atomic E-state index is 0.00480. The molecule has 1 aromatic heterocycles. The first kappa shape index (κ1) is 20.5. The van der Waals surface area contributed by atoms with Crippen LogP contribution in [0.25, 0.3) is 34.2 Å². The smallest absolute Gasteiger partial charge is 0.298 e. The molecule has 8 nitrogen and oxygen atoms in total. The molecule has 0 aliphatic heterocycles. The highest BCUT2D eigenvalue weighted by molar-refractivity contribution is 7.86. The van der Waals surface area contributed by atoms with Crippen LogP contribution in [0.5, 0.6) is 11.5 Å². The molecule has 0 amide bonds. The van der Waals surface area contributed by atoms with Crippen molar-refractivity contribution in [3.63, 3.8) is 0 Å². The van der Waals surface area contributed by atoms with Crippen molar-refractivity contribution in [1.82, 2.24) is 15.0 Å². The zero-order valence-electron chi connectivity index (χ0n) is 16.3. The summed E-state index contributed by atoms with van der Waals surface area (Å²) in [5, 5.41) is 10.5. The van der Waals surface area contributed by atoms with E-state index >= 15 is 0 Å². The van der Waals surface area contributed by atoms with Crippen LogP contribution < -0.4 is 4.74 Å². The molecular weight excluding hydrogens is 418 g/mol. The lowest BCUT2D eigenvalue weighted by atomic mass is 10.1. The van der Waals surface area contributed by atoms with Crippen molar-refractivity contribution in [2.24, 2.45) is 0 Å². The minimum atomic E-state index is -4.62. The number of methoxy groups -OCH3 is 1. The summed E-state index contributed by atoms with van der Waals surface area (Å²) in [5.41, 5.74) is 1.43. The van der Waals surface area contributed by atoms with Gasteiger partial charge in [0.15, 0.2) is 17.5 Å². The van der Waals surface area contributed by atoms with Gasteiger partial charge in [-0.25, -0.2) is 15.0 Å². The second-order valence-corrected chi connectivity index (χ2v) is 7.92. The van der Waals surface area contributed by atoms with Gasteiger partial charge < -0.3 is 9.84 Å². The number of aromatic hydroxyl groups is 1. The van der Waals surface area contributed by atoms with Crippen LogP contribution in [0.1, 0.15) is 0 Å². The van der Waals surface area contributed by atoms with Crippen molar-refractivity contribution in [2.45, 2.75) is 4.90 Å². The van der Waals surface area contributed by atoms with Gasteiger partial charge in [0.1, 0.15) is 16.4 Å². The van der Waals surface area contributed by atoms with Gasteiger partial charge in [-0.1, -0.05) is 60.7 Å². The molecule has 0 fully saturated rings. The van der Waals surface area contributed by atoms with Crippen LogP contribution in [0.2, 0.25) is 0 Å². The van der Waals surface area contributed by atoms with Crippen LogP contribution in [-0.4, -0.2) is 40.1 Å². The SMILES string of the molecule is COc1cc(O)c(-c2nc(-c3ccccc3)nc(-c3ccccc3)n2)cc1S(=O)(=O)O. The molecular formula is C22H17N3O5S. The first-order valence-electron chi connectivity index (χ1n) is 9.12. The van der Waals surface area contributed by atoms with E-state index in [1.165, 1.54) is 7.11 Å². The third-order valence-electron chi connectivity index (χ3n) is 4.50. The molecule has 0 aliphatic rings. The predicted molar refractivity (Wildman–Crippen MR) is 114 cm³/mol. The molecule has 0 atom stereocenters. The maximum atomic E-state index is 11.8. The number of hydrogen-bond acceptors (Lipinski definition) is 7. The van der Waals surface area contributed by atoms with Gasteiger partial charge in [0.05, 0.1) is 12.7 Å². The Kier molecular flexibility index (Phi) is 5.37. The average Bonchev–Trinajstić information content (AvgIpc) is 2.79. The number of rotatable bonds is 5. The van der Waals surface area contributed by atoms with Gasteiger partial charge >= 0.3 is 0 Å². The van der Waals surface area contributed by atoms with Crippen molar-refractivity contribution in [3.8, 4) is 45.7 Å². The topological polar surface area (TPSA) is 122 Å². The Hall–Kier alpha value is -3.82. The number of benzene rings is 3. The standard InChI is InChI=1S/C22H17N3O5S/c1-30-18-13-17(26)16(12-19(18)31(27,28)29)22-24-20(14-8-4-2-5-9-14)23-21(25-22)15-10-6-3-7-11-15/h2-13,26H,1H3,(H,27,28,29). The number of nitrogens with zero attached hydrogens (tertiary/aromatic N) is 3. The van der Waals surface area contributed by atoms with E-state index in [-0.39, 0.29) is 22.9 Å². The Balaban J connectivity index is 1.99. The van der Waals surface area contributed by atoms with Crippen molar-refractivity contribution in [3.05, 3.63) is 72.8 Å². The highest BCUT2D eigenvalue weighted by Gasteiger charge is 2.23. The second-order valence-electron chi connectivity index (χ2n) is 6.53. The zero-order valence-corrected chi connectivity index (χ0v) is 17.1. The summed E-state index contributed by atoms with van der Waals surface area (Å²) in [7, 11) is -3.40. The summed E-state index contributed by atoms with van der Waals surface area (Å²) in [6, 6.07) is 20.5. The summed E-state index contributed by atoms with van der Waals surface area (Å²) in [5.74, 6) is 0.205. The first-order valence-corrected chi connectivity index (χ1v) is 10.6. The summed E-state index contributed by atoms with van der Waals surface area (Å²) >= 11 is 0. The normalized spacial score (nSPS) is 11.3. The van der Waals surface area contributed by atoms with Crippen molar-refractivity contribution >= 4 is 10.1 Å². The van der Waals surface area contributed by atoms with Crippen LogP contribution in [-0.2, 0) is 10.1 Å². The van der Waals surface area contributed by atoms with Gasteiger partial charge in [-0.05, 0) is 6.07 Å². The van der Waals surface area contributed by atoms with Gasteiger partial charge in [0.25, 0.3) is 10.1 Å². The molecule has 4 rings (SSSR count). The van der Waals surface area contributed by atoms with E-state index in [0.29, 0.717) is 22.8 Å². The van der Waals surface area contributed by atoms with E-state index in [0.717, 1.165) is 12.1 Å². The van der Waals surface area contributed by atoms with Crippen LogP contribution in [0, 0.1) is 0 Å². The lowest BCUT2D eigenvalue weighted by Crippen LogP contribution is -2.04. The molecule has 1 heterocycles. The lowest BCUT2D eigenvalue weighted by Gasteiger charge is -2.12. The van der Waals surface area contributed by atoms with Crippen LogP contribution in [0.3, 0.4) is 0 Å². The van der Waals surface area contributed by atoms with Crippen LogP contribution in [0.15, 0.2) is 77.7 Å². The second kappa shape index (κ2) is 8.13. The number of phenolic OH excluding ortho intramolecular Hbond substituents is 1. The summed E-state index contributed by atoms with van der Waals surface area (Å²) < 4.78 is 38.2. The molecule has 0 saturated heterocycles. The Labute approximate surface area is 178 Å². The van der Waals surface area contributed by atoms with E-state index in [1.54, 1.807) is 0 Å². The highest BCUT2D eigenvalue weighted by atomic mass is 32.2. The zero-order chi connectivity index (χ0) is 22.0. The highest BCUT2D eigenvalue weighted by Crippen LogP contribution is 2.37.